The van der Waals surface area contributed by atoms with E-state index in [4.69, 9.17) is 9.05 Å². The third kappa shape index (κ3) is 5.30. The maximum absolute atomic E-state index is 12.8. The van der Waals surface area contributed by atoms with Crippen LogP contribution in [0.3, 0.4) is 0 Å². The molecular weight excluding hydrogens is 254 g/mol. The summed E-state index contributed by atoms with van der Waals surface area (Å²) in [5.74, 6) is -0.317. The van der Waals surface area contributed by atoms with E-state index in [0.717, 1.165) is 5.56 Å². The lowest BCUT2D eigenvalue weighted by atomic mass is 10.2. The first kappa shape index (κ1) is 15.4. The molecule has 0 aliphatic heterocycles. The average molecular weight is 274 g/mol. The van der Waals surface area contributed by atoms with Crippen LogP contribution in [0.1, 0.15) is 33.3 Å². The molecule has 0 N–H and O–H groups in total. The summed E-state index contributed by atoms with van der Waals surface area (Å²) in [7, 11) is -3.19. The second-order valence-electron chi connectivity index (χ2n) is 4.70. The van der Waals surface area contributed by atoms with Gasteiger partial charge in [-0.2, -0.15) is 0 Å². The van der Waals surface area contributed by atoms with Crippen LogP contribution in [-0.4, -0.2) is 12.2 Å². The van der Waals surface area contributed by atoms with Gasteiger partial charge in [-0.3, -0.25) is 4.57 Å². The lowest BCUT2D eigenvalue weighted by Crippen LogP contribution is -2.09. The highest BCUT2D eigenvalue weighted by atomic mass is 31.2. The Morgan fingerprint density at radius 3 is 1.89 bits per heavy atom. The molecule has 3 nitrogen and oxygen atoms in total. The summed E-state index contributed by atoms with van der Waals surface area (Å²) in [6.45, 7) is 7.23. The maximum atomic E-state index is 12.8. The van der Waals surface area contributed by atoms with Crippen molar-refractivity contribution >= 4 is 7.60 Å². The second kappa shape index (κ2) is 6.46. The highest BCUT2D eigenvalue weighted by Gasteiger charge is 2.28. The Hall–Kier alpha value is -0.700. The summed E-state index contributed by atoms with van der Waals surface area (Å²) in [6.07, 6.45) is -0.214. The van der Waals surface area contributed by atoms with Crippen LogP contribution in [0.15, 0.2) is 24.3 Å². The van der Waals surface area contributed by atoms with Gasteiger partial charge in [-0.15, -0.1) is 0 Å². The van der Waals surface area contributed by atoms with Crippen molar-refractivity contribution in [1.29, 1.82) is 0 Å². The van der Waals surface area contributed by atoms with Crippen LogP contribution in [0.25, 0.3) is 0 Å². The topological polar surface area (TPSA) is 35.5 Å². The molecule has 1 rings (SSSR count). The summed E-state index contributed by atoms with van der Waals surface area (Å²) in [6, 6.07) is 5.86. The van der Waals surface area contributed by atoms with Crippen LogP contribution in [0.4, 0.5) is 4.39 Å². The van der Waals surface area contributed by atoms with Crippen LogP contribution in [0.5, 0.6) is 0 Å². The molecule has 0 heterocycles. The van der Waals surface area contributed by atoms with Gasteiger partial charge >= 0.3 is 7.60 Å². The van der Waals surface area contributed by atoms with Crippen LogP contribution < -0.4 is 0 Å². The Labute approximate surface area is 108 Å². The molecule has 18 heavy (non-hydrogen) atoms. The van der Waals surface area contributed by atoms with E-state index in [1.54, 1.807) is 39.8 Å². The Morgan fingerprint density at radius 1 is 1.06 bits per heavy atom. The molecule has 0 saturated heterocycles. The molecule has 0 unspecified atom stereocenters. The third-order valence-electron chi connectivity index (χ3n) is 2.03. The molecule has 0 atom stereocenters. The summed E-state index contributed by atoms with van der Waals surface area (Å²) in [4.78, 5) is 0. The third-order valence-corrected chi connectivity index (χ3v) is 4.27. The first-order chi connectivity index (χ1) is 8.31. The predicted molar refractivity (Wildman–Crippen MR) is 70.2 cm³/mol. The Balaban J connectivity index is 2.84. The second-order valence-corrected chi connectivity index (χ2v) is 6.66. The smallest absolute Gasteiger partial charge is 0.306 e. The lowest BCUT2D eigenvalue weighted by molar-refractivity contribution is 0.141. The molecule has 102 valence electrons. The van der Waals surface area contributed by atoms with E-state index in [2.05, 4.69) is 0 Å². The standard InChI is InChI=1S/C13H20FO3P/c1-10(2)16-18(15,17-11(3)4)9-12-5-7-13(14)8-6-12/h5-8,10-11H,9H2,1-4H3. The summed E-state index contributed by atoms with van der Waals surface area (Å²) >= 11 is 0. The molecule has 0 radical (unpaired) electrons. The van der Waals surface area contributed by atoms with Crippen molar-refractivity contribution in [3.8, 4) is 0 Å². The summed E-state index contributed by atoms with van der Waals surface area (Å²) in [5.41, 5.74) is 0.737. The normalized spacial score (nSPS) is 12.4. The van der Waals surface area contributed by atoms with Gasteiger partial charge in [0.15, 0.2) is 0 Å². The zero-order chi connectivity index (χ0) is 13.8. The van der Waals surface area contributed by atoms with Crippen molar-refractivity contribution in [2.24, 2.45) is 0 Å². The van der Waals surface area contributed by atoms with Crippen LogP contribution in [0.2, 0.25) is 0 Å². The van der Waals surface area contributed by atoms with E-state index in [1.807, 2.05) is 0 Å². The largest absolute Gasteiger partial charge is 0.335 e. The van der Waals surface area contributed by atoms with Gasteiger partial charge in [-0.25, -0.2) is 4.39 Å². The van der Waals surface area contributed by atoms with E-state index in [-0.39, 0.29) is 24.2 Å². The lowest BCUT2D eigenvalue weighted by Gasteiger charge is -2.22. The molecule has 0 spiro atoms. The molecule has 1 aromatic carbocycles. The maximum Gasteiger partial charge on any atom is 0.335 e. The Morgan fingerprint density at radius 2 is 1.50 bits per heavy atom. The highest BCUT2D eigenvalue weighted by molar-refractivity contribution is 7.53. The van der Waals surface area contributed by atoms with E-state index in [0.29, 0.717) is 0 Å². The fraction of sp³-hybridized carbons (Fsp3) is 0.538. The van der Waals surface area contributed by atoms with Crippen molar-refractivity contribution in [2.75, 3.05) is 0 Å². The molecular formula is C13H20FO3P. The van der Waals surface area contributed by atoms with Crippen molar-refractivity contribution < 1.29 is 18.0 Å². The fourth-order valence-electron chi connectivity index (χ4n) is 1.56. The number of rotatable bonds is 6. The molecule has 0 bridgehead atoms. The van der Waals surface area contributed by atoms with E-state index in [9.17, 15) is 8.96 Å². The average Bonchev–Trinajstić information content (AvgIpc) is 2.18. The van der Waals surface area contributed by atoms with Crippen molar-refractivity contribution in [1.82, 2.24) is 0 Å². The molecule has 0 saturated carbocycles. The summed E-state index contributed by atoms with van der Waals surface area (Å²) < 4.78 is 36.2. The molecule has 0 aliphatic carbocycles. The minimum atomic E-state index is -3.19. The van der Waals surface area contributed by atoms with Crippen LogP contribution in [0, 0.1) is 5.82 Å². The zero-order valence-corrected chi connectivity index (χ0v) is 12.1. The minimum absolute atomic E-state index is 0.156. The molecule has 0 aromatic heterocycles. The van der Waals surface area contributed by atoms with E-state index in [1.165, 1.54) is 12.1 Å². The molecule has 0 aliphatic rings. The zero-order valence-electron chi connectivity index (χ0n) is 11.2. The van der Waals surface area contributed by atoms with Crippen molar-refractivity contribution in [3.05, 3.63) is 35.6 Å². The first-order valence-corrected chi connectivity index (χ1v) is 7.74. The van der Waals surface area contributed by atoms with Gasteiger partial charge in [0.25, 0.3) is 0 Å². The van der Waals surface area contributed by atoms with Gasteiger partial charge in [-0.1, -0.05) is 12.1 Å². The van der Waals surface area contributed by atoms with Crippen molar-refractivity contribution in [3.63, 3.8) is 0 Å². The van der Waals surface area contributed by atoms with E-state index < -0.39 is 7.60 Å². The number of halogens is 1. The molecule has 0 fully saturated rings. The van der Waals surface area contributed by atoms with Gasteiger partial charge in [-0.05, 0) is 45.4 Å². The van der Waals surface area contributed by atoms with Gasteiger partial charge in [0, 0.05) is 0 Å². The Bertz CT molecular complexity index is 401. The number of benzene rings is 1. The van der Waals surface area contributed by atoms with Crippen LogP contribution >= 0.6 is 7.60 Å². The highest BCUT2D eigenvalue weighted by Crippen LogP contribution is 2.53. The number of hydrogen-bond acceptors (Lipinski definition) is 3. The SMILES string of the molecule is CC(C)OP(=O)(Cc1ccc(F)cc1)OC(C)C. The minimum Gasteiger partial charge on any atom is -0.306 e. The molecule has 5 heteroatoms. The van der Waals surface area contributed by atoms with Crippen LogP contribution in [-0.2, 0) is 19.8 Å². The first-order valence-electron chi connectivity index (χ1n) is 6.01. The quantitative estimate of drug-likeness (QED) is 0.723. The van der Waals surface area contributed by atoms with Gasteiger partial charge < -0.3 is 9.05 Å². The van der Waals surface area contributed by atoms with Crippen molar-refractivity contribution in [2.45, 2.75) is 46.1 Å². The fourth-order valence-corrected chi connectivity index (χ4v) is 3.70. The van der Waals surface area contributed by atoms with Gasteiger partial charge in [0.05, 0.1) is 18.4 Å². The monoisotopic (exact) mass is 274 g/mol. The molecule has 0 amide bonds. The molecule has 1 aromatic rings. The van der Waals surface area contributed by atoms with Gasteiger partial charge in [0.2, 0.25) is 0 Å². The number of hydrogen-bond donors (Lipinski definition) is 0. The predicted octanol–water partition coefficient (Wildman–Crippen LogP) is 4.37. The van der Waals surface area contributed by atoms with Gasteiger partial charge in [0.1, 0.15) is 5.82 Å². The van der Waals surface area contributed by atoms with E-state index >= 15 is 0 Å². The summed E-state index contributed by atoms with van der Waals surface area (Å²) in [5, 5.41) is 0. The Kier molecular flexibility index (Phi) is 5.51.